The summed E-state index contributed by atoms with van der Waals surface area (Å²) in [6, 6.07) is 0. The first-order valence-electron chi connectivity index (χ1n) is 12.3. The van der Waals surface area contributed by atoms with E-state index in [0.29, 0.717) is 11.8 Å². The summed E-state index contributed by atoms with van der Waals surface area (Å²) in [6.07, 6.45) is -15.3. The Labute approximate surface area is 201 Å². The Hall–Kier alpha value is -1.22. The Morgan fingerprint density at radius 3 is 1.71 bits per heavy atom. The highest BCUT2D eigenvalue weighted by Crippen LogP contribution is 2.78. The van der Waals surface area contributed by atoms with Gasteiger partial charge in [-0.25, -0.2) is 9.18 Å². The van der Waals surface area contributed by atoms with Gasteiger partial charge in [-0.05, 0) is 81.0 Å². The fraction of sp³-hybridized carbons (Fsp3) is 0.960. The highest BCUT2D eigenvalue weighted by Gasteiger charge is 2.83. The number of fused-ring (bicyclic) bond motifs is 9. The van der Waals surface area contributed by atoms with Gasteiger partial charge in [0.05, 0.1) is 0 Å². The van der Waals surface area contributed by atoms with Crippen molar-refractivity contribution in [1.29, 1.82) is 0 Å². The van der Waals surface area contributed by atoms with Crippen LogP contribution in [0.15, 0.2) is 0 Å². The van der Waals surface area contributed by atoms with Crippen molar-refractivity contribution in [3.05, 3.63) is 0 Å². The van der Waals surface area contributed by atoms with Crippen LogP contribution >= 0.6 is 0 Å². The third-order valence-electron chi connectivity index (χ3n) is 10.2. The Balaban J connectivity index is 1.76. The average Bonchev–Trinajstić information content (AvgIpc) is 3.31. The molecule has 4 aliphatic carbocycles. The molecule has 0 aromatic carbocycles. The number of carbonyl (C=O) groups excluding carboxylic acids is 1. The van der Waals surface area contributed by atoms with Crippen molar-refractivity contribution in [3.63, 3.8) is 0 Å². The Morgan fingerprint density at radius 1 is 0.829 bits per heavy atom. The van der Waals surface area contributed by atoms with Crippen LogP contribution in [0.4, 0.5) is 35.5 Å². The van der Waals surface area contributed by atoms with Crippen molar-refractivity contribution in [2.24, 2.45) is 52.8 Å². The van der Waals surface area contributed by atoms with E-state index in [2.05, 4.69) is 16.4 Å². The van der Waals surface area contributed by atoms with Gasteiger partial charge in [0, 0.05) is 11.8 Å². The number of ether oxygens (including phenoxy) is 2. The first kappa shape index (κ1) is 26.8. The van der Waals surface area contributed by atoms with Gasteiger partial charge in [0.15, 0.2) is 0 Å². The van der Waals surface area contributed by atoms with Crippen LogP contribution in [0.25, 0.3) is 0 Å². The lowest BCUT2D eigenvalue weighted by Gasteiger charge is -2.55. The van der Waals surface area contributed by atoms with Gasteiger partial charge >= 0.3 is 24.1 Å². The minimum absolute atomic E-state index is 0.0826. The summed E-state index contributed by atoms with van der Waals surface area (Å²) in [5.41, 5.74) is -10.7. The molecule has 9 atom stereocenters. The van der Waals surface area contributed by atoms with Gasteiger partial charge in [-0.2, -0.15) is 26.3 Å². The van der Waals surface area contributed by atoms with Gasteiger partial charge in [0.2, 0.25) is 0 Å². The van der Waals surface area contributed by atoms with Gasteiger partial charge in [0.1, 0.15) is 11.3 Å². The van der Waals surface area contributed by atoms with E-state index in [4.69, 9.17) is 0 Å². The Bertz CT molecular complexity index is 860. The van der Waals surface area contributed by atoms with Crippen LogP contribution in [0.3, 0.4) is 0 Å². The molecule has 0 N–H and O–H groups in total. The van der Waals surface area contributed by atoms with Crippen molar-refractivity contribution in [3.8, 4) is 0 Å². The second-order valence-corrected chi connectivity index (χ2v) is 13.0. The molecule has 0 amide bonds. The third-order valence-corrected chi connectivity index (χ3v) is 10.2. The lowest BCUT2D eigenvalue weighted by atomic mass is 9.52. The fourth-order valence-corrected chi connectivity index (χ4v) is 8.53. The zero-order valence-corrected chi connectivity index (χ0v) is 21.1. The smallest absolute Gasteiger partial charge is 0.429 e. The molecule has 4 aliphatic rings. The summed E-state index contributed by atoms with van der Waals surface area (Å²) in [5, 5.41) is 0. The number of alkyl halides is 7. The first-order chi connectivity index (χ1) is 15.6. The maximum atomic E-state index is 17.1. The van der Waals surface area contributed by atoms with Crippen molar-refractivity contribution in [1.82, 2.24) is 0 Å². The van der Waals surface area contributed by atoms with E-state index in [1.807, 2.05) is 6.92 Å². The van der Waals surface area contributed by atoms with Crippen LogP contribution < -0.4 is 0 Å². The molecular formula is C25H35F7O3. The van der Waals surface area contributed by atoms with Crippen molar-refractivity contribution in [2.75, 3.05) is 0 Å². The van der Waals surface area contributed by atoms with Crippen LogP contribution in [-0.4, -0.2) is 35.4 Å². The van der Waals surface area contributed by atoms with E-state index in [1.165, 1.54) is 34.6 Å². The molecule has 0 saturated heterocycles. The quantitative estimate of drug-likeness (QED) is 0.219. The van der Waals surface area contributed by atoms with E-state index in [9.17, 15) is 31.1 Å². The average molecular weight is 517 g/mol. The van der Waals surface area contributed by atoms with Gasteiger partial charge in [-0.3, -0.25) is 0 Å². The summed E-state index contributed by atoms with van der Waals surface area (Å²) in [5.74, 6) is -0.405. The summed E-state index contributed by atoms with van der Waals surface area (Å²) in [4.78, 5) is 12.2. The highest BCUT2D eigenvalue weighted by molar-refractivity contribution is 5.61. The van der Waals surface area contributed by atoms with Crippen LogP contribution in [0, 0.1) is 52.8 Å². The number of carbonyl (C=O) groups is 1. The second-order valence-electron chi connectivity index (χ2n) is 13.0. The minimum Gasteiger partial charge on any atom is -0.429 e. The molecule has 10 heteroatoms. The normalized spacial score (nSPS) is 42.3. The van der Waals surface area contributed by atoms with E-state index in [1.54, 1.807) is 0 Å². The first-order valence-corrected chi connectivity index (χ1v) is 12.3. The minimum atomic E-state index is -6.10. The molecule has 0 aromatic rings. The number of rotatable bonds is 3. The van der Waals surface area contributed by atoms with Gasteiger partial charge in [-0.1, -0.05) is 27.7 Å². The standard InChI is InChI=1S/C25H35F7O3/c1-11-12(2)14-8-13(11)17-15-9-16(18(14)17)22(26,21(15,6)7)10-23(24(27,28)29,25(30,31)32)35-19(33)34-20(3,4)5/h11-18H,8-10H2,1-7H3. The predicted molar refractivity (Wildman–Crippen MR) is 113 cm³/mol. The maximum Gasteiger partial charge on any atom is 0.510 e. The molecular weight excluding hydrogens is 481 g/mol. The SMILES string of the molecule is CC1C(C)C2CC1C1C2C2CC1C(C)(C)C2(F)CC(OC(=O)OC(C)(C)C)(C(F)(F)F)C(F)(F)F. The monoisotopic (exact) mass is 516 g/mol. The summed E-state index contributed by atoms with van der Waals surface area (Å²) in [7, 11) is 0. The molecule has 4 fully saturated rings. The molecule has 0 heterocycles. The largest absolute Gasteiger partial charge is 0.510 e. The molecule has 4 saturated carbocycles. The van der Waals surface area contributed by atoms with E-state index < -0.39 is 53.1 Å². The fourth-order valence-electron chi connectivity index (χ4n) is 8.53. The summed E-state index contributed by atoms with van der Waals surface area (Å²) in [6.45, 7) is 10.9. The zero-order chi connectivity index (χ0) is 26.7. The highest BCUT2D eigenvalue weighted by atomic mass is 19.4. The van der Waals surface area contributed by atoms with E-state index in [-0.39, 0.29) is 36.0 Å². The van der Waals surface area contributed by atoms with Crippen LogP contribution in [0.5, 0.6) is 0 Å². The lowest BCUT2D eigenvalue weighted by Crippen LogP contribution is -2.66. The molecule has 0 aromatic heterocycles. The van der Waals surface area contributed by atoms with Crippen LogP contribution in [0.2, 0.25) is 0 Å². The molecule has 202 valence electrons. The van der Waals surface area contributed by atoms with E-state index in [0.717, 1.165) is 6.42 Å². The molecule has 9 unspecified atom stereocenters. The molecule has 0 radical (unpaired) electrons. The maximum absolute atomic E-state index is 17.1. The molecule has 4 bridgehead atoms. The zero-order valence-electron chi connectivity index (χ0n) is 21.1. The van der Waals surface area contributed by atoms with Crippen molar-refractivity contribution in [2.45, 2.75) is 97.0 Å². The number of hydrogen-bond acceptors (Lipinski definition) is 3. The Kier molecular flexibility index (Phi) is 5.69. The van der Waals surface area contributed by atoms with Gasteiger partial charge < -0.3 is 9.47 Å². The molecule has 4 rings (SSSR count). The van der Waals surface area contributed by atoms with Gasteiger partial charge in [0.25, 0.3) is 0 Å². The number of halogens is 7. The predicted octanol–water partition coefficient (Wildman–Crippen LogP) is 7.73. The topological polar surface area (TPSA) is 35.5 Å². The second kappa shape index (κ2) is 7.42. The molecule has 3 nitrogen and oxygen atoms in total. The summed E-state index contributed by atoms with van der Waals surface area (Å²) < 4.78 is 112. The molecule has 35 heavy (non-hydrogen) atoms. The van der Waals surface area contributed by atoms with Crippen LogP contribution in [0.1, 0.15) is 67.7 Å². The summed E-state index contributed by atoms with van der Waals surface area (Å²) >= 11 is 0. The molecule has 0 spiro atoms. The third kappa shape index (κ3) is 3.53. The van der Waals surface area contributed by atoms with Crippen molar-refractivity contribution < 1.29 is 45.0 Å². The number of hydrogen-bond donors (Lipinski definition) is 0. The lowest BCUT2D eigenvalue weighted by molar-refractivity contribution is -0.382. The Morgan fingerprint density at radius 2 is 1.29 bits per heavy atom. The molecule has 0 aliphatic heterocycles. The van der Waals surface area contributed by atoms with Crippen molar-refractivity contribution >= 4 is 6.16 Å². The van der Waals surface area contributed by atoms with E-state index >= 15 is 4.39 Å². The van der Waals surface area contributed by atoms with Crippen LogP contribution in [-0.2, 0) is 9.47 Å². The van der Waals surface area contributed by atoms with Gasteiger partial charge in [-0.15, -0.1) is 0 Å².